The number of hydrogen-bond donors (Lipinski definition) is 1. The van der Waals surface area contributed by atoms with Crippen molar-refractivity contribution in [1.82, 2.24) is 0 Å². The summed E-state index contributed by atoms with van der Waals surface area (Å²) in [5, 5.41) is 9.49. The Morgan fingerprint density at radius 1 is 1.28 bits per heavy atom. The molecule has 0 radical (unpaired) electrons. The van der Waals surface area contributed by atoms with E-state index in [1.807, 2.05) is 19.9 Å². The molecule has 0 saturated carbocycles. The lowest BCUT2D eigenvalue weighted by molar-refractivity contribution is -0.305. The van der Waals surface area contributed by atoms with Crippen LogP contribution in [0.3, 0.4) is 0 Å². The third-order valence-electron chi connectivity index (χ3n) is 5.17. The van der Waals surface area contributed by atoms with E-state index in [2.05, 4.69) is 13.8 Å². The van der Waals surface area contributed by atoms with Crippen molar-refractivity contribution in [3.8, 4) is 0 Å². The quantitative estimate of drug-likeness (QED) is 0.280. The van der Waals surface area contributed by atoms with Crippen LogP contribution >= 0.6 is 0 Å². The molecule has 0 aliphatic carbocycles. The van der Waals surface area contributed by atoms with Crippen LogP contribution in [0.5, 0.6) is 0 Å². The second-order valence-electron chi connectivity index (χ2n) is 8.07. The standard InChI is InChI=1S/C22H40O7/c1-7-17(10-12-20(24)26-8-2)21(27-15-25-6)16(3)9-11-18-13-19(14-23)29-22(4,5)28-18/h10,12,16-19,21,23H,7-9,11,13-15H2,1-6H3/b12-10-/t16-,17-,18-,19+,21-/m1/s1. The molecular formula is C22H40O7. The van der Waals surface area contributed by atoms with Crippen LogP contribution in [0.2, 0.25) is 0 Å². The van der Waals surface area contributed by atoms with Gasteiger partial charge in [-0.1, -0.05) is 19.9 Å². The van der Waals surface area contributed by atoms with E-state index in [1.165, 1.54) is 6.08 Å². The molecule has 1 N–H and O–H groups in total. The fourth-order valence-electron chi connectivity index (χ4n) is 3.85. The summed E-state index contributed by atoms with van der Waals surface area (Å²) in [5.74, 6) is -0.734. The van der Waals surface area contributed by atoms with Crippen molar-refractivity contribution >= 4 is 5.97 Å². The largest absolute Gasteiger partial charge is 0.463 e. The second-order valence-corrected chi connectivity index (χ2v) is 8.07. The SMILES string of the molecule is CCOC(=O)/C=C\[C@@H](CC)[C@H](OCOC)[C@H](C)CC[C@@H]1C[C@@H](CO)OC(C)(C)O1. The van der Waals surface area contributed by atoms with E-state index in [1.54, 1.807) is 14.0 Å². The molecule has 29 heavy (non-hydrogen) atoms. The summed E-state index contributed by atoms with van der Waals surface area (Å²) in [7, 11) is 1.60. The lowest BCUT2D eigenvalue weighted by atomic mass is 9.85. The van der Waals surface area contributed by atoms with Crippen molar-refractivity contribution in [3.05, 3.63) is 12.2 Å². The normalized spacial score (nSPS) is 24.9. The van der Waals surface area contributed by atoms with E-state index in [9.17, 15) is 9.90 Å². The maximum absolute atomic E-state index is 11.7. The van der Waals surface area contributed by atoms with Crippen LogP contribution in [0.25, 0.3) is 0 Å². The molecule has 0 bridgehead atoms. The molecular weight excluding hydrogens is 376 g/mol. The van der Waals surface area contributed by atoms with E-state index < -0.39 is 5.79 Å². The van der Waals surface area contributed by atoms with Crippen LogP contribution in [0.4, 0.5) is 0 Å². The first-order chi connectivity index (χ1) is 13.8. The Balaban J connectivity index is 2.73. The van der Waals surface area contributed by atoms with Crippen LogP contribution in [-0.4, -0.2) is 62.3 Å². The minimum atomic E-state index is -0.695. The summed E-state index contributed by atoms with van der Waals surface area (Å²) in [6.45, 7) is 10.3. The van der Waals surface area contributed by atoms with Gasteiger partial charge in [-0.15, -0.1) is 0 Å². The summed E-state index contributed by atoms with van der Waals surface area (Å²) in [6, 6.07) is 0. The molecule has 0 amide bonds. The van der Waals surface area contributed by atoms with Gasteiger partial charge in [0.2, 0.25) is 0 Å². The van der Waals surface area contributed by atoms with Crippen LogP contribution < -0.4 is 0 Å². The Bertz CT molecular complexity index is 492. The molecule has 0 aromatic carbocycles. The summed E-state index contributed by atoms with van der Waals surface area (Å²) in [6.07, 6.45) is 6.35. The number of rotatable bonds is 13. The minimum Gasteiger partial charge on any atom is -0.463 e. The van der Waals surface area contributed by atoms with Gasteiger partial charge >= 0.3 is 5.97 Å². The highest BCUT2D eigenvalue weighted by molar-refractivity contribution is 5.81. The summed E-state index contributed by atoms with van der Waals surface area (Å²) < 4.78 is 27.9. The van der Waals surface area contributed by atoms with Crippen molar-refractivity contribution < 1.29 is 33.6 Å². The van der Waals surface area contributed by atoms with Crippen molar-refractivity contribution in [1.29, 1.82) is 0 Å². The van der Waals surface area contributed by atoms with Crippen LogP contribution in [-0.2, 0) is 28.5 Å². The number of ether oxygens (including phenoxy) is 5. The first kappa shape index (κ1) is 26.0. The lowest BCUT2D eigenvalue weighted by Gasteiger charge is -2.41. The number of carbonyl (C=O) groups excluding carboxylic acids is 1. The molecule has 1 fully saturated rings. The molecule has 170 valence electrons. The predicted octanol–water partition coefficient (Wildman–Crippen LogP) is 3.44. The molecule has 1 saturated heterocycles. The number of esters is 1. The monoisotopic (exact) mass is 416 g/mol. The Kier molecular flexibility index (Phi) is 12.0. The molecule has 1 aliphatic heterocycles. The lowest BCUT2D eigenvalue weighted by Crippen LogP contribution is -2.46. The molecule has 0 spiro atoms. The van der Waals surface area contributed by atoms with E-state index >= 15 is 0 Å². The smallest absolute Gasteiger partial charge is 0.330 e. The molecule has 1 heterocycles. The van der Waals surface area contributed by atoms with E-state index in [4.69, 9.17) is 23.7 Å². The number of aliphatic hydroxyl groups excluding tert-OH is 1. The second kappa shape index (κ2) is 13.3. The zero-order valence-electron chi connectivity index (χ0n) is 18.9. The fraction of sp³-hybridized carbons (Fsp3) is 0.864. The topological polar surface area (TPSA) is 83.5 Å². The highest BCUT2D eigenvalue weighted by Gasteiger charge is 2.35. The van der Waals surface area contributed by atoms with Gasteiger partial charge in [-0.05, 0) is 46.0 Å². The number of hydrogen-bond acceptors (Lipinski definition) is 7. The van der Waals surface area contributed by atoms with Gasteiger partial charge in [-0.2, -0.15) is 0 Å². The molecule has 7 nitrogen and oxygen atoms in total. The summed E-state index contributed by atoms with van der Waals surface area (Å²) in [4.78, 5) is 11.7. The first-order valence-corrected chi connectivity index (χ1v) is 10.7. The van der Waals surface area contributed by atoms with Crippen molar-refractivity contribution in [2.24, 2.45) is 11.8 Å². The van der Waals surface area contributed by atoms with Gasteiger partial charge in [-0.3, -0.25) is 0 Å². The zero-order valence-corrected chi connectivity index (χ0v) is 18.9. The number of methoxy groups -OCH3 is 1. The van der Waals surface area contributed by atoms with Gasteiger partial charge in [0.05, 0.1) is 31.5 Å². The number of carbonyl (C=O) groups is 1. The van der Waals surface area contributed by atoms with Crippen molar-refractivity contribution in [3.63, 3.8) is 0 Å². The van der Waals surface area contributed by atoms with Crippen molar-refractivity contribution in [2.45, 2.75) is 84.4 Å². The van der Waals surface area contributed by atoms with Gasteiger partial charge < -0.3 is 28.8 Å². The van der Waals surface area contributed by atoms with E-state index in [0.717, 1.165) is 19.3 Å². The maximum atomic E-state index is 11.7. The van der Waals surface area contributed by atoms with Gasteiger partial charge in [0.1, 0.15) is 6.79 Å². The summed E-state index contributed by atoms with van der Waals surface area (Å²) in [5.41, 5.74) is 0. The molecule has 0 aromatic rings. The Morgan fingerprint density at radius 3 is 2.55 bits per heavy atom. The highest BCUT2D eigenvalue weighted by atomic mass is 16.7. The van der Waals surface area contributed by atoms with Gasteiger partial charge in [0.15, 0.2) is 5.79 Å². The maximum Gasteiger partial charge on any atom is 0.330 e. The predicted molar refractivity (Wildman–Crippen MR) is 110 cm³/mol. The fourth-order valence-corrected chi connectivity index (χ4v) is 3.85. The molecule has 5 atom stereocenters. The molecule has 1 aliphatic rings. The average Bonchev–Trinajstić information content (AvgIpc) is 2.67. The van der Waals surface area contributed by atoms with Crippen LogP contribution in [0.15, 0.2) is 12.2 Å². The highest BCUT2D eigenvalue weighted by Crippen LogP contribution is 2.31. The van der Waals surface area contributed by atoms with E-state index in [0.29, 0.717) is 13.0 Å². The number of aliphatic hydroxyl groups is 1. The molecule has 0 aromatic heterocycles. The first-order valence-electron chi connectivity index (χ1n) is 10.7. The van der Waals surface area contributed by atoms with Crippen LogP contribution in [0, 0.1) is 11.8 Å². The third kappa shape index (κ3) is 9.57. The van der Waals surface area contributed by atoms with E-state index in [-0.39, 0.29) is 49.5 Å². The van der Waals surface area contributed by atoms with Gasteiger partial charge in [0, 0.05) is 25.5 Å². The van der Waals surface area contributed by atoms with Gasteiger partial charge in [-0.25, -0.2) is 4.79 Å². The Hall–Kier alpha value is -0.990. The Labute approximate surface area is 175 Å². The minimum absolute atomic E-state index is 0.00498. The molecule has 1 rings (SSSR count). The average molecular weight is 417 g/mol. The van der Waals surface area contributed by atoms with Crippen LogP contribution in [0.1, 0.15) is 60.3 Å². The molecule has 0 unspecified atom stereocenters. The Morgan fingerprint density at radius 2 is 1.97 bits per heavy atom. The summed E-state index contributed by atoms with van der Waals surface area (Å²) >= 11 is 0. The zero-order chi connectivity index (χ0) is 21.9. The third-order valence-corrected chi connectivity index (χ3v) is 5.17. The molecule has 7 heteroatoms. The van der Waals surface area contributed by atoms with Crippen molar-refractivity contribution in [2.75, 3.05) is 27.1 Å². The van der Waals surface area contributed by atoms with Gasteiger partial charge in [0.25, 0.3) is 0 Å².